The predicted molar refractivity (Wildman–Crippen MR) is 103 cm³/mol. The highest BCUT2D eigenvalue weighted by molar-refractivity contribution is 5.97. The lowest BCUT2D eigenvalue weighted by molar-refractivity contribution is -0.131. The van der Waals surface area contributed by atoms with Gasteiger partial charge in [-0.25, -0.2) is 9.97 Å². The zero-order valence-corrected chi connectivity index (χ0v) is 16.8. The van der Waals surface area contributed by atoms with Crippen molar-refractivity contribution >= 4 is 11.8 Å². The molecular weight excluding hydrogens is 382 g/mol. The number of pyridine rings is 1. The first-order valence-corrected chi connectivity index (χ1v) is 9.47. The summed E-state index contributed by atoms with van der Waals surface area (Å²) in [5, 5.41) is 18.8. The second-order valence-electron chi connectivity index (χ2n) is 8.35. The van der Waals surface area contributed by atoms with Crippen LogP contribution in [0.1, 0.15) is 66.7 Å². The molecule has 2 heterocycles. The molecule has 9 nitrogen and oxygen atoms in total. The van der Waals surface area contributed by atoms with Gasteiger partial charge in [0.15, 0.2) is 11.4 Å². The number of hydrazine groups is 1. The molecule has 30 heavy (non-hydrogen) atoms. The highest BCUT2D eigenvalue weighted by Gasteiger charge is 2.73. The van der Waals surface area contributed by atoms with Crippen molar-refractivity contribution in [1.82, 2.24) is 25.8 Å². The average Bonchev–Trinajstić information content (AvgIpc) is 3.06. The van der Waals surface area contributed by atoms with E-state index in [9.17, 15) is 20.1 Å². The maximum Gasteiger partial charge on any atom is 0.269 e. The first kappa shape index (κ1) is 19.5. The zero-order valence-electron chi connectivity index (χ0n) is 16.8. The first-order chi connectivity index (χ1) is 14.2. The van der Waals surface area contributed by atoms with E-state index in [-0.39, 0.29) is 11.4 Å². The van der Waals surface area contributed by atoms with Crippen molar-refractivity contribution in [2.24, 2.45) is 5.41 Å². The standard InChI is InChI=1S/C21H19N7O2/c1-19(2)20(3)6-7-21(19,16-15(20)25-13(10-22)14(11-23)26-16)18(30)28-27-17(29)12-4-8-24-9-5-12/h4-5,8-9H,6-7H2,1-3H3,(H,27,29)(H,28,30). The topological polar surface area (TPSA) is 144 Å². The van der Waals surface area contributed by atoms with Crippen LogP contribution in [0.2, 0.25) is 0 Å². The highest BCUT2D eigenvalue weighted by Crippen LogP contribution is 2.70. The third kappa shape index (κ3) is 2.23. The van der Waals surface area contributed by atoms with Crippen LogP contribution in [0.4, 0.5) is 0 Å². The summed E-state index contributed by atoms with van der Waals surface area (Å²) in [6.07, 6.45) is 4.13. The first-order valence-electron chi connectivity index (χ1n) is 9.47. The summed E-state index contributed by atoms with van der Waals surface area (Å²) in [5.41, 5.74) is 4.01. The Labute approximate surface area is 173 Å². The van der Waals surface area contributed by atoms with Gasteiger partial charge in [-0.05, 0) is 30.4 Å². The quantitative estimate of drug-likeness (QED) is 0.724. The Balaban J connectivity index is 1.74. The fourth-order valence-electron chi connectivity index (χ4n) is 4.94. The maximum atomic E-state index is 13.5. The summed E-state index contributed by atoms with van der Waals surface area (Å²) >= 11 is 0. The van der Waals surface area contributed by atoms with Crippen LogP contribution in [0, 0.1) is 28.1 Å². The molecule has 2 atom stereocenters. The van der Waals surface area contributed by atoms with Crippen molar-refractivity contribution in [3.63, 3.8) is 0 Å². The lowest BCUT2D eigenvalue weighted by atomic mass is 9.63. The van der Waals surface area contributed by atoms with E-state index >= 15 is 0 Å². The number of fused-ring (bicyclic) bond motifs is 5. The minimum absolute atomic E-state index is 0.0395. The second-order valence-corrected chi connectivity index (χ2v) is 8.35. The van der Waals surface area contributed by atoms with Gasteiger partial charge in [-0.15, -0.1) is 0 Å². The van der Waals surface area contributed by atoms with Gasteiger partial charge in [-0.2, -0.15) is 10.5 Å². The van der Waals surface area contributed by atoms with Crippen LogP contribution in [0.15, 0.2) is 24.5 Å². The number of amides is 2. The summed E-state index contributed by atoms with van der Waals surface area (Å²) in [5.74, 6) is -0.886. The number of hydrogen-bond donors (Lipinski definition) is 2. The van der Waals surface area contributed by atoms with Gasteiger partial charge >= 0.3 is 0 Å². The molecule has 4 rings (SSSR count). The molecule has 0 aromatic carbocycles. The molecule has 2 aliphatic carbocycles. The van der Waals surface area contributed by atoms with E-state index in [1.54, 1.807) is 0 Å². The predicted octanol–water partition coefficient (Wildman–Crippen LogP) is 1.41. The van der Waals surface area contributed by atoms with Gasteiger partial charge in [0.2, 0.25) is 0 Å². The van der Waals surface area contributed by atoms with Crippen molar-refractivity contribution < 1.29 is 9.59 Å². The Morgan fingerprint density at radius 3 is 2.17 bits per heavy atom. The van der Waals surface area contributed by atoms with Gasteiger partial charge in [0.25, 0.3) is 11.8 Å². The van der Waals surface area contributed by atoms with E-state index in [0.29, 0.717) is 29.8 Å². The molecule has 2 aromatic rings. The fraction of sp³-hybridized carbons (Fsp3) is 0.381. The summed E-state index contributed by atoms with van der Waals surface area (Å²) in [7, 11) is 0. The van der Waals surface area contributed by atoms with E-state index in [4.69, 9.17) is 0 Å². The molecule has 2 aliphatic rings. The van der Waals surface area contributed by atoms with Gasteiger partial charge in [-0.3, -0.25) is 25.4 Å². The number of aromatic nitrogens is 3. The largest absolute Gasteiger partial charge is 0.272 e. The van der Waals surface area contributed by atoms with Crippen molar-refractivity contribution in [3.05, 3.63) is 52.9 Å². The van der Waals surface area contributed by atoms with Gasteiger partial charge in [0.1, 0.15) is 17.6 Å². The van der Waals surface area contributed by atoms with Gasteiger partial charge in [0, 0.05) is 23.4 Å². The SMILES string of the molecule is CC12CCC(C(=O)NNC(=O)c3ccncc3)(c3nc(C#N)c(C#N)nc31)C2(C)C. The Kier molecular flexibility index (Phi) is 4.11. The summed E-state index contributed by atoms with van der Waals surface area (Å²) in [6, 6.07) is 6.90. The number of nitrogens with zero attached hydrogens (tertiary/aromatic N) is 5. The lowest BCUT2D eigenvalue weighted by Crippen LogP contribution is -2.55. The highest BCUT2D eigenvalue weighted by atomic mass is 16.2. The van der Waals surface area contributed by atoms with E-state index in [1.165, 1.54) is 24.5 Å². The summed E-state index contributed by atoms with van der Waals surface area (Å²) in [6.45, 7) is 5.93. The van der Waals surface area contributed by atoms with Crippen LogP contribution >= 0.6 is 0 Å². The minimum atomic E-state index is -1.09. The number of carbonyl (C=O) groups is 2. The maximum absolute atomic E-state index is 13.5. The van der Waals surface area contributed by atoms with Crippen molar-refractivity contribution in [1.29, 1.82) is 10.5 Å². The van der Waals surface area contributed by atoms with Gasteiger partial charge < -0.3 is 0 Å². The molecule has 2 unspecified atom stereocenters. The Morgan fingerprint density at radius 1 is 0.967 bits per heavy atom. The second kappa shape index (κ2) is 6.33. The minimum Gasteiger partial charge on any atom is -0.272 e. The molecule has 0 aliphatic heterocycles. The van der Waals surface area contributed by atoms with E-state index in [1.807, 2.05) is 32.9 Å². The zero-order chi connectivity index (χ0) is 21.7. The number of nitrogens with one attached hydrogen (secondary N) is 2. The molecule has 2 N–H and O–H groups in total. The van der Waals surface area contributed by atoms with Crippen molar-refractivity contribution in [2.75, 3.05) is 0 Å². The molecule has 0 radical (unpaired) electrons. The van der Waals surface area contributed by atoms with E-state index < -0.39 is 28.1 Å². The molecule has 2 bridgehead atoms. The molecule has 2 amide bonds. The number of rotatable bonds is 2. The van der Waals surface area contributed by atoms with Gasteiger partial charge in [-0.1, -0.05) is 20.8 Å². The smallest absolute Gasteiger partial charge is 0.269 e. The monoisotopic (exact) mass is 401 g/mol. The summed E-state index contributed by atoms with van der Waals surface area (Å²) < 4.78 is 0. The van der Waals surface area contributed by atoms with Crippen LogP contribution in [0.25, 0.3) is 0 Å². The Hall–Kier alpha value is -3.85. The lowest BCUT2D eigenvalue weighted by Gasteiger charge is -2.39. The van der Waals surface area contributed by atoms with Crippen LogP contribution < -0.4 is 10.9 Å². The summed E-state index contributed by atoms with van der Waals surface area (Å²) in [4.78, 5) is 38.6. The number of carbonyl (C=O) groups excluding carboxylic acids is 2. The average molecular weight is 401 g/mol. The number of hydrogen-bond acceptors (Lipinski definition) is 7. The molecule has 9 heteroatoms. The molecule has 150 valence electrons. The molecular formula is C21H19N7O2. The Morgan fingerprint density at radius 2 is 1.57 bits per heavy atom. The number of nitriles is 2. The van der Waals surface area contributed by atoms with Crippen LogP contribution in [0.5, 0.6) is 0 Å². The molecule has 2 aromatic heterocycles. The fourth-order valence-corrected chi connectivity index (χ4v) is 4.94. The normalized spacial score (nSPS) is 25.0. The molecule has 0 spiro atoms. The molecule has 0 saturated heterocycles. The van der Waals surface area contributed by atoms with Crippen LogP contribution in [-0.2, 0) is 15.6 Å². The van der Waals surface area contributed by atoms with Crippen LogP contribution in [0.3, 0.4) is 0 Å². The van der Waals surface area contributed by atoms with E-state index in [2.05, 4.69) is 25.8 Å². The van der Waals surface area contributed by atoms with Crippen molar-refractivity contribution in [3.8, 4) is 12.1 Å². The Bertz CT molecular complexity index is 1160. The van der Waals surface area contributed by atoms with E-state index in [0.717, 1.165) is 0 Å². The van der Waals surface area contributed by atoms with Crippen molar-refractivity contribution in [2.45, 2.75) is 44.4 Å². The third-order valence-electron chi connectivity index (χ3n) is 7.10. The van der Waals surface area contributed by atoms with Gasteiger partial charge in [0.05, 0.1) is 11.4 Å². The molecule has 1 fully saturated rings. The van der Waals surface area contributed by atoms with Crippen LogP contribution in [-0.4, -0.2) is 26.8 Å². The molecule has 1 saturated carbocycles. The third-order valence-corrected chi connectivity index (χ3v) is 7.10.